The third-order valence-electron chi connectivity index (χ3n) is 2.74. The number of hydrogen-bond acceptors (Lipinski definition) is 1. The molecule has 0 aliphatic carbocycles. The van der Waals surface area contributed by atoms with E-state index in [0.29, 0.717) is 16.5 Å². The Hall–Kier alpha value is -1.26. The summed E-state index contributed by atoms with van der Waals surface area (Å²) >= 11 is 3.12. The largest absolute Gasteiger partial charge is 0.324 e. The SMILES string of the molecule is NC(Cc1ccc(F)c(Br)c1)c1ccccc1F. The molecule has 0 radical (unpaired) electrons. The first-order valence-electron chi connectivity index (χ1n) is 5.52. The van der Waals surface area contributed by atoms with Gasteiger partial charge in [0.05, 0.1) is 4.47 Å². The van der Waals surface area contributed by atoms with Crippen LogP contribution in [-0.2, 0) is 6.42 Å². The Kier molecular flexibility index (Phi) is 4.09. The Morgan fingerprint density at radius 3 is 2.44 bits per heavy atom. The maximum atomic E-state index is 13.5. The number of rotatable bonds is 3. The van der Waals surface area contributed by atoms with Crippen LogP contribution in [0.2, 0.25) is 0 Å². The smallest absolute Gasteiger partial charge is 0.137 e. The normalized spacial score (nSPS) is 12.4. The van der Waals surface area contributed by atoms with Gasteiger partial charge in [0.25, 0.3) is 0 Å². The van der Waals surface area contributed by atoms with Gasteiger partial charge in [-0.2, -0.15) is 0 Å². The van der Waals surface area contributed by atoms with Crippen molar-refractivity contribution in [1.82, 2.24) is 0 Å². The molecule has 4 heteroatoms. The Morgan fingerprint density at radius 1 is 1.06 bits per heavy atom. The van der Waals surface area contributed by atoms with E-state index >= 15 is 0 Å². The summed E-state index contributed by atoms with van der Waals surface area (Å²) in [5.41, 5.74) is 7.30. The standard InChI is InChI=1S/C14H12BrF2N/c15-11-7-9(5-6-13(11)17)8-14(18)10-3-1-2-4-12(10)16/h1-7,14H,8,18H2. The molecule has 2 N–H and O–H groups in total. The number of nitrogens with two attached hydrogens (primary N) is 1. The number of hydrogen-bond donors (Lipinski definition) is 1. The van der Waals surface area contributed by atoms with E-state index in [1.54, 1.807) is 30.3 Å². The van der Waals surface area contributed by atoms with Gasteiger partial charge in [-0.15, -0.1) is 0 Å². The van der Waals surface area contributed by atoms with Crippen molar-refractivity contribution >= 4 is 15.9 Å². The zero-order valence-electron chi connectivity index (χ0n) is 9.54. The van der Waals surface area contributed by atoms with Crippen LogP contribution in [0.25, 0.3) is 0 Å². The van der Waals surface area contributed by atoms with Gasteiger partial charge >= 0.3 is 0 Å². The predicted octanol–water partition coefficient (Wildman–Crippen LogP) is 3.97. The molecule has 0 amide bonds. The van der Waals surface area contributed by atoms with E-state index in [2.05, 4.69) is 15.9 Å². The molecule has 0 heterocycles. The first kappa shape index (κ1) is 13.2. The fourth-order valence-corrected chi connectivity index (χ4v) is 2.23. The summed E-state index contributed by atoms with van der Waals surface area (Å²) in [7, 11) is 0. The lowest BCUT2D eigenvalue weighted by atomic mass is 9.99. The second kappa shape index (κ2) is 5.59. The second-order valence-electron chi connectivity index (χ2n) is 4.08. The summed E-state index contributed by atoms with van der Waals surface area (Å²) in [6.45, 7) is 0. The van der Waals surface area contributed by atoms with Crippen LogP contribution in [0.3, 0.4) is 0 Å². The van der Waals surface area contributed by atoms with Gasteiger partial charge < -0.3 is 5.73 Å². The van der Waals surface area contributed by atoms with E-state index < -0.39 is 6.04 Å². The second-order valence-corrected chi connectivity index (χ2v) is 4.93. The van der Waals surface area contributed by atoms with E-state index in [0.717, 1.165) is 5.56 Å². The average molecular weight is 312 g/mol. The quantitative estimate of drug-likeness (QED) is 0.912. The molecule has 1 nitrogen and oxygen atoms in total. The van der Waals surface area contributed by atoms with E-state index in [1.807, 2.05) is 0 Å². The zero-order valence-corrected chi connectivity index (χ0v) is 11.1. The van der Waals surface area contributed by atoms with E-state index in [4.69, 9.17) is 5.73 Å². The van der Waals surface area contributed by atoms with E-state index in [9.17, 15) is 8.78 Å². The van der Waals surface area contributed by atoms with Crippen molar-refractivity contribution in [3.63, 3.8) is 0 Å². The molecular weight excluding hydrogens is 300 g/mol. The van der Waals surface area contributed by atoms with Crippen molar-refractivity contribution < 1.29 is 8.78 Å². The fourth-order valence-electron chi connectivity index (χ4n) is 1.81. The Morgan fingerprint density at radius 2 is 1.78 bits per heavy atom. The minimum atomic E-state index is -0.441. The molecule has 0 aromatic heterocycles. The predicted molar refractivity (Wildman–Crippen MR) is 71.1 cm³/mol. The van der Waals surface area contributed by atoms with Gasteiger partial charge in [-0.25, -0.2) is 8.78 Å². The highest BCUT2D eigenvalue weighted by molar-refractivity contribution is 9.10. The van der Waals surface area contributed by atoms with Crippen molar-refractivity contribution in [2.75, 3.05) is 0 Å². The molecule has 0 spiro atoms. The van der Waals surface area contributed by atoms with Gasteiger partial charge in [0.1, 0.15) is 11.6 Å². The van der Waals surface area contributed by atoms with E-state index in [1.165, 1.54) is 12.1 Å². The molecule has 1 unspecified atom stereocenters. The van der Waals surface area contributed by atoms with Crippen molar-refractivity contribution in [2.24, 2.45) is 5.73 Å². The molecular formula is C14H12BrF2N. The van der Waals surface area contributed by atoms with Crippen LogP contribution in [0.5, 0.6) is 0 Å². The molecule has 0 saturated carbocycles. The molecule has 0 saturated heterocycles. The number of halogens is 3. The van der Waals surface area contributed by atoms with Gasteiger partial charge in [-0.05, 0) is 46.1 Å². The van der Waals surface area contributed by atoms with Crippen LogP contribution in [0.4, 0.5) is 8.78 Å². The summed E-state index contributed by atoms with van der Waals surface area (Å²) in [6.07, 6.45) is 0.458. The summed E-state index contributed by atoms with van der Waals surface area (Å²) in [6, 6.07) is 10.7. The van der Waals surface area contributed by atoms with Gasteiger partial charge in [-0.3, -0.25) is 0 Å². The van der Waals surface area contributed by atoms with Crippen LogP contribution < -0.4 is 5.73 Å². The molecule has 94 valence electrons. The van der Waals surface area contributed by atoms with Crippen molar-refractivity contribution in [1.29, 1.82) is 0 Å². The molecule has 1 atom stereocenters. The third kappa shape index (κ3) is 2.94. The molecule has 2 rings (SSSR count). The Balaban J connectivity index is 2.19. The molecule has 0 fully saturated rings. The van der Waals surface area contributed by atoms with Crippen molar-refractivity contribution in [3.8, 4) is 0 Å². The van der Waals surface area contributed by atoms with Crippen molar-refractivity contribution in [3.05, 3.63) is 69.7 Å². The highest BCUT2D eigenvalue weighted by Crippen LogP contribution is 2.22. The zero-order chi connectivity index (χ0) is 13.1. The minimum absolute atomic E-state index is 0.314. The highest BCUT2D eigenvalue weighted by atomic mass is 79.9. The summed E-state index contributed by atoms with van der Waals surface area (Å²) in [4.78, 5) is 0. The maximum Gasteiger partial charge on any atom is 0.137 e. The van der Waals surface area contributed by atoms with Crippen LogP contribution in [-0.4, -0.2) is 0 Å². The lowest BCUT2D eigenvalue weighted by Gasteiger charge is -2.13. The maximum absolute atomic E-state index is 13.5. The van der Waals surface area contributed by atoms with Crippen molar-refractivity contribution in [2.45, 2.75) is 12.5 Å². The topological polar surface area (TPSA) is 26.0 Å². The van der Waals surface area contributed by atoms with Crippen LogP contribution >= 0.6 is 15.9 Å². The lowest BCUT2D eigenvalue weighted by Crippen LogP contribution is -2.15. The van der Waals surface area contributed by atoms with E-state index in [-0.39, 0.29) is 11.6 Å². The Bertz CT molecular complexity index is 557. The molecule has 18 heavy (non-hydrogen) atoms. The molecule has 0 aliphatic heterocycles. The minimum Gasteiger partial charge on any atom is -0.324 e. The molecule has 2 aromatic rings. The van der Waals surface area contributed by atoms with Crippen LogP contribution in [0, 0.1) is 11.6 Å². The molecule has 0 bridgehead atoms. The van der Waals surface area contributed by atoms with Gasteiger partial charge in [0.2, 0.25) is 0 Å². The van der Waals surface area contributed by atoms with Gasteiger partial charge in [0, 0.05) is 11.6 Å². The Labute approximate surface area is 113 Å². The molecule has 2 aromatic carbocycles. The van der Waals surface area contributed by atoms with Crippen LogP contribution in [0.15, 0.2) is 46.9 Å². The highest BCUT2D eigenvalue weighted by Gasteiger charge is 2.12. The van der Waals surface area contributed by atoms with Gasteiger partial charge in [0.15, 0.2) is 0 Å². The summed E-state index contributed by atoms with van der Waals surface area (Å²) in [5, 5.41) is 0. The third-order valence-corrected chi connectivity index (χ3v) is 3.35. The first-order chi connectivity index (χ1) is 8.58. The van der Waals surface area contributed by atoms with Crippen LogP contribution in [0.1, 0.15) is 17.2 Å². The van der Waals surface area contributed by atoms with Gasteiger partial charge in [-0.1, -0.05) is 24.3 Å². The summed E-state index contributed by atoms with van der Waals surface area (Å²) in [5.74, 6) is -0.635. The lowest BCUT2D eigenvalue weighted by molar-refractivity contribution is 0.579. The molecule has 0 aliphatic rings. The average Bonchev–Trinajstić information content (AvgIpc) is 2.34. The first-order valence-corrected chi connectivity index (χ1v) is 6.31. The summed E-state index contributed by atoms with van der Waals surface area (Å²) < 4.78 is 27.0. The monoisotopic (exact) mass is 311 g/mol. The fraction of sp³-hybridized carbons (Fsp3) is 0.143. The number of benzene rings is 2.